The van der Waals surface area contributed by atoms with Crippen molar-refractivity contribution in [3.05, 3.63) is 35.4 Å². The van der Waals surface area contributed by atoms with Crippen LogP contribution in [0, 0.1) is 12.3 Å². The largest absolute Gasteiger partial charge is 0.480 e. The van der Waals surface area contributed by atoms with E-state index in [1.807, 2.05) is 38.1 Å². The maximum atomic E-state index is 11.9. The van der Waals surface area contributed by atoms with E-state index in [-0.39, 0.29) is 11.8 Å². The molecule has 1 aliphatic carbocycles. The predicted molar refractivity (Wildman–Crippen MR) is 71.9 cm³/mol. The lowest BCUT2D eigenvalue weighted by atomic mass is 9.99. The van der Waals surface area contributed by atoms with Crippen LogP contribution in [0.25, 0.3) is 0 Å². The van der Waals surface area contributed by atoms with E-state index >= 15 is 0 Å². The van der Waals surface area contributed by atoms with E-state index in [0.717, 1.165) is 5.56 Å². The van der Waals surface area contributed by atoms with E-state index in [2.05, 4.69) is 5.32 Å². The van der Waals surface area contributed by atoms with Gasteiger partial charge in [-0.25, -0.2) is 0 Å². The fourth-order valence-electron chi connectivity index (χ4n) is 2.09. The lowest BCUT2D eigenvalue weighted by Crippen LogP contribution is -2.38. The van der Waals surface area contributed by atoms with Crippen LogP contribution >= 0.6 is 0 Å². The van der Waals surface area contributed by atoms with E-state index in [0.29, 0.717) is 19.4 Å². The molecule has 1 aromatic carbocycles. The average Bonchev–Trinajstić information content (AvgIpc) is 3.17. The normalized spacial score (nSPS) is 17.6. The first kappa shape index (κ1) is 13.6. The topological polar surface area (TPSA) is 66.4 Å². The molecule has 1 atom stereocenters. The first-order valence-electron chi connectivity index (χ1n) is 6.54. The molecule has 1 aromatic rings. The number of nitrogens with one attached hydrogen (secondary N) is 1. The van der Waals surface area contributed by atoms with Crippen molar-refractivity contribution in [2.45, 2.75) is 32.6 Å². The van der Waals surface area contributed by atoms with Gasteiger partial charge in [-0.05, 0) is 31.2 Å². The SMILES string of the molecule is Cc1ccc(C(C)CNC(=O)C2(C(=O)O)CC2)cc1. The molecular formula is C15H19NO3. The zero-order valence-corrected chi connectivity index (χ0v) is 11.3. The van der Waals surface area contributed by atoms with Crippen LogP contribution < -0.4 is 5.32 Å². The molecule has 2 rings (SSSR count). The minimum absolute atomic E-state index is 0.175. The molecule has 2 N–H and O–H groups in total. The number of amides is 1. The zero-order valence-electron chi connectivity index (χ0n) is 11.3. The average molecular weight is 261 g/mol. The Bertz CT molecular complexity index is 489. The molecular weight excluding hydrogens is 242 g/mol. The van der Waals surface area contributed by atoms with Gasteiger partial charge in [0.15, 0.2) is 0 Å². The Morgan fingerprint density at radius 3 is 2.37 bits per heavy atom. The maximum Gasteiger partial charge on any atom is 0.319 e. The van der Waals surface area contributed by atoms with Gasteiger partial charge in [0.2, 0.25) is 5.91 Å². The van der Waals surface area contributed by atoms with Gasteiger partial charge < -0.3 is 10.4 Å². The van der Waals surface area contributed by atoms with E-state index < -0.39 is 11.4 Å². The second-order valence-electron chi connectivity index (χ2n) is 5.41. The van der Waals surface area contributed by atoms with Gasteiger partial charge in [-0.1, -0.05) is 36.8 Å². The van der Waals surface area contributed by atoms with E-state index in [9.17, 15) is 9.59 Å². The summed E-state index contributed by atoms with van der Waals surface area (Å²) in [5.41, 5.74) is 1.20. The number of carboxylic acid groups (broad SMARTS) is 1. The summed E-state index contributed by atoms with van der Waals surface area (Å²) in [6.45, 7) is 4.52. The first-order valence-corrected chi connectivity index (χ1v) is 6.54. The molecule has 4 nitrogen and oxygen atoms in total. The van der Waals surface area contributed by atoms with Crippen molar-refractivity contribution in [2.24, 2.45) is 5.41 Å². The Morgan fingerprint density at radius 1 is 1.32 bits per heavy atom. The first-order chi connectivity index (χ1) is 8.95. The van der Waals surface area contributed by atoms with Gasteiger partial charge in [0.05, 0.1) is 0 Å². The molecule has 0 bridgehead atoms. The molecule has 0 spiro atoms. The molecule has 1 fully saturated rings. The third kappa shape index (κ3) is 2.78. The summed E-state index contributed by atoms with van der Waals surface area (Å²) in [5, 5.41) is 11.8. The smallest absolute Gasteiger partial charge is 0.319 e. The standard InChI is InChI=1S/C15H19NO3/c1-10-3-5-12(6-4-10)11(2)9-16-13(17)15(7-8-15)14(18)19/h3-6,11H,7-9H2,1-2H3,(H,16,17)(H,18,19). The van der Waals surface area contributed by atoms with Crippen LogP contribution in [0.1, 0.15) is 36.8 Å². The molecule has 1 saturated carbocycles. The third-order valence-electron chi connectivity index (χ3n) is 3.81. The van der Waals surface area contributed by atoms with Gasteiger partial charge >= 0.3 is 5.97 Å². The fraction of sp³-hybridized carbons (Fsp3) is 0.467. The predicted octanol–water partition coefficient (Wildman–Crippen LogP) is 2.08. The summed E-state index contributed by atoms with van der Waals surface area (Å²) in [6.07, 6.45) is 0.903. The molecule has 1 amide bonds. The number of aryl methyl sites for hydroxylation is 1. The van der Waals surface area contributed by atoms with Gasteiger partial charge in [0, 0.05) is 6.54 Å². The number of hydrogen-bond donors (Lipinski definition) is 2. The van der Waals surface area contributed by atoms with Gasteiger partial charge in [-0.2, -0.15) is 0 Å². The van der Waals surface area contributed by atoms with Crippen LogP contribution in [-0.2, 0) is 9.59 Å². The summed E-state index contributed by atoms with van der Waals surface area (Å²) < 4.78 is 0. The lowest BCUT2D eigenvalue weighted by Gasteiger charge is -2.16. The Morgan fingerprint density at radius 2 is 1.89 bits per heavy atom. The molecule has 19 heavy (non-hydrogen) atoms. The van der Waals surface area contributed by atoms with Crippen LogP contribution in [-0.4, -0.2) is 23.5 Å². The molecule has 0 aliphatic heterocycles. The quantitative estimate of drug-likeness (QED) is 0.797. The van der Waals surface area contributed by atoms with Crippen molar-refractivity contribution >= 4 is 11.9 Å². The third-order valence-corrected chi connectivity index (χ3v) is 3.81. The van der Waals surface area contributed by atoms with Crippen molar-refractivity contribution in [1.29, 1.82) is 0 Å². The summed E-state index contributed by atoms with van der Waals surface area (Å²) in [7, 11) is 0. The molecule has 0 saturated heterocycles. The van der Waals surface area contributed by atoms with Crippen LogP contribution in [0.3, 0.4) is 0 Å². The summed E-state index contributed by atoms with van der Waals surface area (Å²) in [4.78, 5) is 22.9. The molecule has 0 aromatic heterocycles. The Balaban J connectivity index is 1.90. The van der Waals surface area contributed by atoms with Crippen molar-refractivity contribution in [1.82, 2.24) is 5.32 Å². The molecule has 0 radical (unpaired) electrons. The minimum atomic E-state index is -1.15. The number of carbonyl (C=O) groups excluding carboxylic acids is 1. The highest BCUT2D eigenvalue weighted by Gasteiger charge is 2.56. The second kappa shape index (κ2) is 5.03. The highest BCUT2D eigenvalue weighted by molar-refractivity contribution is 6.04. The highest BCUT2D eigenvalue weighted by Crippen LogP contribution is 2.46. The Hall–Kier alpha value is -1.84. The Labute approximate surface area is 112 Å². The second-order valence-corrected chi connectivity index (χ2v) is 5.41. The zero-order chi connectivity index (χ0) is 14.0. The molecule has 1 aliphatic rings. The van der Waals surface area contributed by atoms with E-state index in [4.69, 9.17) is 5.11 Å². The van der Waals surface area contributed by atoms with Crippen molar-refractivity contribution in [2.75, 3.05) is 6.54 Å². The van der Waals surface area contributed by atoms with Gasteiger partial charge in [0.25, 0.3) is 0 Å². The number of benzene rings is 1. The minimum Gasteiger partial charge on any atom is -0.480 e. The van der Waals surface area contributed by atoms with Gasteiger partial charge in [-0.15, -0.1) is 0 Å². The number of carbonyl (C=O) groups is 2. The molecule has 0 heterocycles. The molecule has 1 unspecified atom stereocenters. The number of hydrogen-bond acceptors (Lipinski definition) is 2. The lowest BCUT2D eigenvalue weighted by molar-refractivity contribution is -0.149. The number of aliphatic carboxylic acids is 1. The van der Waals surface area contributed by atoms with Crippen LogP contribution in [0.2, 0.25) is 0 Å². The van der Waals surface area contributed by atoms with E-state index in [1.165, 1.54) is 5.56 Å². The highest BCUT2D eigenvalue weighted by atomic mass is 16.4. The summed E-state index contributed by atoms with van der Waals surface area (Å²) in [6, 6.07) is 8.15. The molecule has 4 heteroatoms. The van der Waals surface area contributed by atoms with Crippen molar-refractivity contribution < 1.29 is 14.7 Å². The van der Waals surface area contributed by atoms with Crippen molar-refractivity contribution in [3.8, 4) is 0 Å². The van der Waals surface area contributed by atoms with Gasteiger partial charge in [-0.3, -0.25) is 9.59 Å². The monoisotopic (exact) mass is 261 g/mol. The number of rotatable bonds is 5. The Kier molecular flexibility index (Phi) is 3.60. The number of carboxylic acids is 1. The van der Waals surface area contributed by atoms with Crippen LogP contribution in [0.5, 0.6) is 0 Å². The molecule has 102 valence electrons. The van der Waals surface area contributed by atoms with Crippen molar-refractivity contribution in [3.63, 3.8) is 0 Å². The van der Waals surface area contributed by atoms with Crippen LogP contribution in [0.4, 0.5) is 0 Å². The summed E-state index contributed by atoms with van der Waals surface area (Å²) >= 11 is 0. The summed E-state index contributed by atoms with van der Waals surface area (Å²) in [5.74, 6) is -1.18. The van der Waals surface area contributed by atoms with E-state index in [1.54, 1.807) is 0 Å². The van der Waals surface area contributed by atoms with Gasteiger partial charge in [0.1, 0.15) is 5.41 Å². The maximum absolute atomic E-state index is 11.9. The fourth-order valence-corrected chi connectivity index (χ4v) is 2.09. The van der Waals surface area contributed by atoms with Crippen LogP contribution in [0.15, 0.2) is 24.3 Å².